The quantitative estimate of drug-likeness (QED) is 0.356. The first-order valence-electron chi connectivity index (χ1n) is 12.6. The molecule has 0 unspecified atom stereocenters. The number of hydrogen-bond donors (Lipinski definition) is 1. The van der Waals surface area contributed by atoms with E-state index in [4.69, 9.17) is 9.72 Å². The predicted octanol–water partition coefficient (Wildman–Crippen LogP) is 5.21. The van der Waals surface area contributed by atoms with Gasteiger partial charge in [0.25, 0.3) is 0 Å². The molecule has 0 spiro atoms. The minimum Gasteiger partial charge on any atom is -0.478 e. The van der Waals surface area contributed by atoms with E-state index >= 15 is 0 Å². The molecule has 5 rings (SSSR count). The van der Waals surface area contributed by atoms with Crippen molar-refractivity contribution in [3.63, 3.8) is 0 Å². The number of aromatic carboxylic acids is 1. The highest BCUT2D eigenvalue weighted by Crippen LogP contribution is 2.30. The predicted molar refractivity (Wildman–Crippen MR) is 144 cm³/mol. The maximum atomic E-state index is 13.3. The van der Waals surface area contributed by atoms with Gasteiger partial charge in [0.15, 0.2) is 5.69 Å². The molecule has 1 aliphatic heterocycles. The zero-order valence-electron chi connectivity index (χ0n) is 21.7. The zero-order chi connectivity index (χ0) is 26.9. The molecule has 0 radical (unpaired) electrons. The van der Waals surface area contributed by atoms with Crippen molar-refractivity contribution < 1.29 is 19.4 Å². The number of carboxylic acids is 1. The smallest absolute Gasteiger partial charge is 0.358 e. The second-order valence-corrected chi connectivity index (χ2v) is 10.4. The molecular weight excluding hydrogens is 480 g/mol. The van der Waals surface area contributed by atoms with Gasteiger partial charge in [-0.1, -0.05) is 42.5 Å². The average Bonchev–Trinajstić information content (AvgIpc) is 3.35. The van der Waals surface area contributed by atoms with Gasteiger partial charge >= 0.3 is 11.9 Å². The molecule has 0 atom stereocenters. The highest BCUT2D eigenvalue weighted by Gasteiger charge is 2.27. The Kier molecular flexibility index (Phi) is 6.72. The Morgan fingerprint density at radius 2 is 1.82 bits per heavy atom. The van der Waals surface area contributed by atoms with Gasteiger partial charge in [-0.25, -0.2) is 14.6 Å². The van der Waals surface area contributed by atoms with Gasteiger partial charge in [0.2, 0.25) is 0 Å². The summed E-state index contributed by atoms with van der Waals surface area (Å²) in [5.74, 6) is -0.875. The van der Waals surface area contributed by atoms with E-state index in [2.05, 4.69) is 5.10 Å². The van der Waals surface area contributed by atoms with Crippen molar-refractivity contribution in [3.8, 4) is 11.1 Å². The molecular formula is C30H30N4O4. The summed E-state index contributed by atoms with van der Waals surface area (Å²) in [5.41, 5.74) is 4.12. The van der Waals surface area contributed by atoms with Crippen LogP contribution in [0.4, 0.5) is 5.82 Å². The minimum absolute atomic E-state index is 0.203. The molecule has 38 heavy (non-hydrogen) atoms. The SMILES string of the molecule is CC(C)(C)OC(=O)c1nc(N2CCc3cccc(C(=O)O)c3C2)ccc1-c1cnn(Cc2ccccc2)c1. The molecule has 194 valence electrons. The van der Waals surface area contributed by atoms with Crippen molar-refractivity contribution in [3.05, 3.63) is 101 Å². The van der Waals surface area contributed by atoms with Crippen molar-refractivity contribution in [2.75, 3.05) is 11.4 Å². The Morgan fingerprint density at radius 3 is 2.55 bits per heavy atom. The molecule has 3 heterocycles. The van der Waals surface area contributed by atoms with Gasteiger partial charge < -0.3 is 14.7 Å². The first kappa shape index (κ1) is 25.2. The van der Waals surface area contributed by atoms with Crippen LogP contribution in [0.5, 0.6) is 0 Å². The van der Waals surface area contributed by atoms with Crippen LogP contribution in [0.1, 0.15) is 58.3 Å². The molecule has 0 fully saturated rings. The third-order valence-corrected chi connectivity index (χ3v) is 6.43. The summed E-state index contributed by atoms with van der Waals surface area (Å²) >= 11 is 0. The Balaban J connectivity index is 1.49. The molecule has 0 saturated heterocycles. The van der Waals surface area contributed by atoms with Crippen molar-refractivity contribution in [1.82, 2.24) is 14.8 Å². The monoisotopic (exact) mass is 510 g/mol. The van der Waals surface area contributed by atoms with E-state index < -0.39 is 17.5 Å². The van der Waals surface area contributed by atoms with Gasteiger partial charge in [0.1, 0.15) is 11.4 Å². The van der Waals surface area contributed by atoms with E-state index in [1.165, 1.54) is 0 Å². The Hall–Kier alpha value is -4.46. The van der Waals surface area contributed by atoms with E-state index in [9.17, 15) is 14.7 Å². The lowest BCUT2D eigenvalue weighted by Gasteiger charge is -2.31. The van der Waals surface area contributed by atoms with E-state index in [1.54, 1.807) is 18.3 Å². The molecule has 0 amide bonds. The summed E-state index contributed by atoms with van der Waals surface area (Å²) in [6.07, 6.45) is 4.31. The van der Waals surface area contributed by atoms with E-state index in [0.29, 0.717) is 43.0 Å². The number of aromatic nitrogens is 3. The van der Waals surface area contributed by atoms with Crippen LogP contribution in [0.3, 0.4) is 0 Å². The number of anilines is 1. The van der Waals surface area contributed by atoms with Gasteiger partial charge in [-0.2, -0.15) is 5.10 Å². The van der Waals surface area contributed by atoms with Crippen LogP contribution in [0.25, 0.3) is 11.1 Å². The van der Waals surface area contributed by atoms with Gasteiger partial charge in [-0.05, 0) is 62.1 Å². The lowest BCUT2D eigenvalue weighted by atomic mass is 9.95. The van der Waals surface area contributed by atoms with E-state index in [-0.39, 0.29) is 5.69 Å². The maximum absolute atomic E-state index is 13.3. The second kappa shape index (κ2) is 10.1. The first-order valence-corrected chi connectivity index (χ1v) is 12.6. The molecule has 4 aromatic rings. The number of hydrogen-bond acceptors (Lipinski definition) is 6. The Bertz CT molecular complexity index is 1490. The number of carbonyl (C=O) groups excluding carboxylic acids is 1. The molecule has 0 saturated carbocycles. The molecule has 2 aromatic heterocycles. The molecule has 2 aromatic carbocycles. The van der Waals surface area contributed by atoms with Crippen LogP contribution >= 0.6 is 0 Å². The third kappa shape index (κ3) is 5.44. The summed E-state index contributed by atoms with van der Waals surface area (Å²) in [6, 6.07) is 19.1. The largest absolute Gasteiger partial charge is 0.478 e. The fourth-order valence-corrected chi connectivity index (χ4v) is 4.68. The van der Waals surface area contributed by atoms with Gasteiger partial charge in [0, 0.05) is 30.4 Å². The number of carbonyl (C=O) groups is 2. The number of carboxylic acid groups (broad SMARTS) is 1. The number of ether oxygens (including phenoxy) is 1. The van der Waals surface area contributed by atoms with Crippen molar-refractivity contribution in [1.29, 1.82) is 0 Å². The summed E-state index contributed by atoms with van der Waals surface area (Å²) in [4.78, 5) is 31.9. The number of nitrogens with zero attached hydrogens (tertiary/aromatic N) is 4. The van der Waals surface area contributed by atoms with Crippen LogP contribution in [0, 0.1) is 0 Å². The van der Waals surface area contributed by atoms with Crippen molar-refractivity contribution in [2.24, 2.45) is 0 Å². The number of esters is 1. The summed E-state index contributed by atoms with van der Waals surface area (Å²) in [7, 11) is 0. The topological polar surface area (TPSA) is 97.6 Å². The average molecular weight is 511 g/mol. The van der Waals surface area contributed by atoms with Crippen molar-refractivity contribution in [2.45, 2.75) is 45.9 Å². The number of fused-ring (bicyclic) bond motifs is 1. The lowest BCUT2D eigenvalue weighted by Crippen LogP contribution is -2.33. The number of pyridine rings is 1. The van der Waals surface area contributed by atoms with Crippen LogP contribution in [-0.4, -0.2) is 44.0 Å². The zero-order valence-corrected chi connectivity index (χ0v) is 21.7. The molecule has 8 heteroatoms. The fraction of sp³-hybridized carbons (Fsp3) is 0.267. The van der Waals surface area contributed by atoms with Gasteiger partial charge in [0.05, 0.1) is 18.3 Å². The van der Waals surface area contributed by atoms with Crippen LogP contribution in [0.2, 0.25) is 0 Å². The van der Waals surface area contributed by atoms with Crippen LogP contribution in [0.15, 0.2) is 73.1 Å². The molecule has 0 bridgehead atoms. The van der Waals surface area contributed by atoms with E-state index in [0.717, 1.165) is 22.3 Å². The van der Waals surface area contributed by atoms with Crippen LogP contribution in [-0.2, 0) is 24.2 Å². The summed E-state index contributed by atoms with van der Waals surface area (Å²) < 4.78 is 7.54. The second-order valence-electron chi connectivity index (χ2n) is 10.4. The number of benzene rings is 2. The molecule has 8 nitrogen and oxygen atoms in total. The Morgan fingerprint density at radius 1 is 1.03 bits per heavy atom. The van der Waals surface area contributed by atoms with E-state index in [1.807, 2.05) is 85.1 Å². The standard InChI is InChI=1S/C30H30N4O4/c1-30(2,3)38-29(37)27-23(22-16-31-34(18-22)17-20-8-5-4-6-9-20)12-13-26(32-27)33-15-14-21-10-7-11-24(28(35)36)25(21)19-33/h4-13,16,18H,14-15,17,19H2,1-3H3,(H,35,36). The minimum atomic E-state index is -0.950. The first-order chi connectivity index (χ1) is 18.2. The highest BCUT2D eigenvalue weighted by molar-refractivity contribution is 5.96. The van der Waals surface area contributed by atoms with Gasteiger partial charge in [-0.15, -0.1) is 0 Å². The van der Waals surface area contributed by atoms with Crippen molar-refractivity contribution >= 4 is 17.8 Å². The molecule has 1 N–H and O–H groups in total. The van der Waals surface area contributed by atoms with Gasteiger partial charge in [-0.3, -0.25) is 4.68 Å². The fourth-order valence-electron chi connectivity index (χ4n) is 4.68. The summed E-state index contributed by atoms with van der Waals surface area (Å²) in [6.45, 7) is 7.12. The number of rotatable bonds is 6. The molecule has 1 aliphatic rings. The lowest BCUT2D eigenvalue weighted by molar-refractivity contribution is 0.00637. The molecule has 0 aliphatic carbocycles. The normalized spacial score (nSPS) is 13.2. The highest BCUT2D eigenvalue weighted by atomic mass is 16.6. The summed E-state index contributed by atoms with van der Waals surface area (Å²) in [5, 5.41) is 14.2. The third-order valence-electron chi connectivity index (χ3n) is 6.43. The maximum Gasteiger partial charge on any atom is 0.358 e. The van der Waals surface area contributed by atoms with Crippen LogP contribution < -0.4 is 4.90 Å². The Labute approximate surface area is 221 Å².